The third kappa shape index (κ3) is 4.57. The van der Waals surface area contributed by atoms with Crippen molar-refractivity contribution in [1.29, 1.82) is 0 Å². The Labute approximate surface area is 168 Å². The van der Waals surface area contributed by atoms with Gasteiger partial charge in [-0.15, -0.1) is 0 Å². The zero-order valence-electron chi connectivity index (χ0n) is 15.7. The molecule has 1 fully saturated rings. The van der Waals surface area contributed by atoms with E-state index in [-0.39, 0.29) is 12.1 Å². The van der Waals surface area contributed by atoms with Gasteiger partial charge in [-0.25, -0.2) is 4.79 Å². The van der Waals surface area contributed by atoms with Gasteiger partial charge in [-0.05, 0) is 37.1 Å². The second-order valence-electron chi connectivity index (χ2n) is 7.07. The SMILES string of the molecule is CN(C(=O)NCc1cc2cc(Cl)ccc2[nH]1)C1CCCN(C(=O)C(O)CO)C1. The second-order valence-corrected chi connectivity index (χ2v) is 7.51. The van der Waals surface area contributed by atoms with Crippen LogP contribution in [-0.4, -0.2) is 75.8 Å². The number of H-pyrrole nitrogens is 1. The average Bonchev–Trinajstić information content (AvgIpc) is 3.12. The van der Waals surface area contributed by atoms with Crippen molar-refractivity contribution in [2.75, 3.05) is 26.7 Å². The lowest BCUT2D eigenvalue weighted by Crippen LogP contribution is -2.54. The summed E-state index contributed by atoms with van der Waals surface area (Å²) in [5.74, 6) is -0.502. The molecule has 2 unspecified atom stereocenters. The molecule has 0 spiro atoms. The fourth-order valence-electron chi connectivity index (χ4n) is 3.48. The molecule has 2 atom stereocenters. The number of aromatic nitrogens is 1. The third-order valence-electron chi connectivity index (χ3n) is 5.10. The Morgan fingerprint density at radius 1 is 1.43 bits per heavy atom. The molecule has 2 heterocycles. The monoisotopic (exact) mass is 408 g/mol. The van der Waals surface area contributed by atoms with Crippen LogP contribution in [0.25, 0.3) is 10.9 Å². The van der Waals surface area contributed by atoms with E-state index in [2.05, 4.69) is 10.3 Å². The van der Waals surface area contributed by atoms with Gasteiger partial charge in [-0.1, -0.05) is 11.6 Å². The fourth-order valence-corrected chi connectivity index (χ4v) is 3.66. The number of carbonyl (C=O) groups excluding carboxylic acids is 2. The summed E-state index contributed by atoms with van der Waals surface area (Å²) in [7, 11) is 1.70. The van der Waals surface area contributed by atoms with Crippen molar-refractivity contribution in [2.24, 2.45) is 0 Å². The van der Waals surface area contributed by atoms with E-state index in [0.29, 0.717) is 24.7 Å². The third-order valence-corrected chi connectivity index (χ3v) is 5.34. The van der Waals surface area contributed by atoms with Crippen LogP contribution in [0.1, 0.15) is 18.5 Å². The molecule has 1 aliphatic rings. The Balaban J connectivity index is 1.56. The largest absolute Gasteiger partial charge is 0.393 e. The highest BCUT2D eigenvalue weighted by molar-refractivity contribution is 6.31. The van der Waals surface area contributed by atoms with Gasteiger partial charge in [0.05, 0.1) is 19.2 Å². The lowest BCUT2D eigenvalue weighted by molar-refractivity contribution is -0.144. The number of carbonyl (C=O) groups is 2. The highest BCUT2D eigenvalue weighted by atomic mass is 35.5. The summed E-state index contributed by atoms with van der Waals surface area (Å²) in [6, 6.07) is 7.12. The van der Waals surface area contributed by atoms with E-state index in [1.165, 1.54) is 4.90 Å². The van der Waals surface area contributed by atoms with E-state index >= 15 is 0 Å². The van der Waals surface area contributed by atoms with Gasteiger partial charge in [-0.2, -0.15) is 0 Å². The molecule has 3 amide bonds. The highest BCUT2D eigenvalue weighted by Gasteiger charge is 2.30. The number of likely N-dealkylation sites (N-methyl/N-ethyl adjacent to an activating group) is 1. The quantitative estimate of drug-likeness (QED) is 0.598. The number of nitrogens with zero attached hydrogens (tertiary/aromatic N) is 2. The van der Waals surface area contributed by atoms with Crippen molar-refractivity contribution in [3.05, 3.63) is 35.0 Å². The van der Waals surface area contributed by atoms with Gasteiger partial charge >= 0.3 is 6.03 Å². The Morgan fingerprint density at radius 3 is 2.96 bits per heavy atom. The molecule has 152 valence electrons. The molecule has 1 aromatic carbocycles. The lowest BCUT2D eigenvalue weighted by Gasteiger charge is -2.38. The van der Waals surface area contributed by atoms with Gasteiger partial charge in [0, 0.05) is 41.8 Å². The average molecular weight is 409 g/mol. The number of hydrogen-bond donors (Lipinski definition) is 4. The van der Waals surface area contributed by atoms with Crippen LogP contribution < -0.4 is 5.32 Å². The molecular weight excluding hydrogens is 384 g/mol. The number of aliphatic hydroxyl groups excluding tert-OH is 2. The number of benzene rings is 1. The maximum absolute atomic E-state index is 12.5. The van der Waals surface area contributed by atoms with Gasteiger partial charge in [0.25, 0.3) is 5.91 Å². The Bertz CT molecular complexity index is 856. The van der Waals surface area contributed by atoms with Crippen molar-refractivity contribution in [1.82, 2.24) is 20.1 Å². The number of likely N-dealkylation sites (tertiary alicyclic amines) is 1. The summed E-state index contributed by atoms with van der Waals surface area (Å²) in [5, 5.41) is 23.0. The van der Waals surface area contributed by atoms with Crippen LogP contribution in [0, 0.1) is 0 Å². The summed E-state index contributed by atoms with van der Waals surface area (Å²) < 4.78 is 0. The molecule has 9 heteroatoms. The van der Waals surface area contributed by atoms with E-state index in [9.17, 15) is 14.7 Å². The van der Waals surface area contributed by atoms with E-state index in [1.807, 2.05) is 18.2 Å². The number of aliphatic hydroxyl groups is 2. The Morgan fingerprint density at radius 2 is 2.21 bits per heavy atom. The molecule has 1 aliphatic heterocycles. The van der Waals surface area contributed by atoms with Crippen LogP contribution >= 0.6 is 11.6 Å². The molecule has 28 heavy (non-hydrogen) atoms. The summed E-state index contributed by atoms with van der Waals surface area (Å²) >= 11 is 6.00. The molecule has 3 rings (SSSR count). The van der Waals surface area contributed by atoms with Gasteiger partial charge < -0.3 is 30.3 Å². The predicted molar refractivity (Wildman–Crippen MR) is 106 cm³/mol. The number of aromatic amines is 1. The minimum atomic E-state index is -1.41. The minimum absolute atomic E-state index is 0.148. The fraction of sp³-hybridized carbons (Fsp3) is 0.474. The first-order valence-electron chi connectivity index (χ1n) is 9.24. The van der Waals surface area contributed by atoms with Crippen molar-refractivity contribution in [3.8, 4) is 0 Å². The molecule has 0 radical (unpaired) electrons. The first-order chi connectivity index (χ1) is 13.4. The molecule has 1 saturated heterocycles. The maximum atomic E-state index is 12.5. The van der Waals surface area contributed by atoms with Crippen LogP contribution in [0.4, 0.5) is 4.79 Å². The number of nitrogens with one attached hydrogen (secondary N) is 2. The standard InChI is InChI=1S/C19H25ClN4O4/c1-23(15-3-2-6-24(10-15)18(27)17(26)11-25)19(28)21-9-14-8-12-7-13(20)4-5-16(12)22-14/h4-5,7-8,15,17,22,25-26H,2-3,6,9-11H2,1H3,(H,21,28). The lowest BCUT2D eigenvalue weighted by atomic mass is 10.0. The number of halogens is 1. The van der Waals surface area contributed by atoms with Crippen LogP contribution in [-0.2, 0) is 11.3 Å². The normalized spacial score (nSPS) is 18.1. The van der Waals surface area contributed by atoms with Gasteiger partial charge in [0.15, 0.2) is 6.10 Å². The molecule has 4 N–H and O–H groups in total. The molecule has 0 aliphatic carbocycles. The Hall–Kier alpha value is -2.29. The first-order valence-corrected chi connectivity index (χ1v) is 9.62. The summed E-state index contributed by atoms with van der Waals surface area (Å²) in [6.07, 6.45) is 0.0938. The van der Waals surface area contributed by atoms with E-state index in [0.717, 1.165) is 29.4 Å². The smallest absolute Gasteiger partial charge is 0.317 e. The zero-order valence-corrected chi connectivity index (χ0v) is 16.4. The zero-order chi connectivity index (χ0) is 20.3. The highest BCUT2D eigenvalue weighted by Crippen LogP contribution is 2.20. The van der Waals surface area contributed by atoms with Crippen LogP contribution in [0.15, 0.2) is 24.3 Å². The van der Waals surface area contributed by atoms with Gasteiger partial charge in [0.2, 0.25) is 0 Å². The van der Waals surface area contributed by atoms with Crippen molar-refractivity contribution < 1.29 is 19.8 Å². The molecule has 1 aromatic heterocycles. The van der Waals surface area contributed by atoms with E-state index < -0.39 is 18.6 Å². The molecule has 0 bridgehead atoms. The molecule has 2 aromatic rings. The molecule has 0 saturated carbocycles. The summed E-state index contributed by atoms with van der Waals surface area (Å²) in [6.45, 7) is 0.588. The molecular formula is C19H25ClN4O4. The number of rotatable bonds is 5. The van der Waals surface area contributed by atoms with Gasteiger partial charge in [0.1, 0.15) is 0 Å². The van der Waals surface area contributed by atoms with Crippen LogP contribution in [0.3, 0.4) is 0 Å². The van der Waals surface area contributed by atoms with Crippen LogP contribution in [0.5, 0.6) is 0 Å². The number of amides is 3. The number of urea groups is 1. The van der Waals surface area contributed by atoms with Crippen molar-refractivity contribution >= 4 is 34.4 Å². The molecule has 8 nitrogen and oxygen atoms in total. The summed E-state index contributed by atoms with van der Waals surface area (Å²) in [4.78, 5) is 30.9. The first kappa shape index (κ1) is 20.4. The van der Waals surface area contributed by atoms with Gasteiger partial charge in [-0.3, -0.25) is 4.79 Å². The van der Waals surface area contributed by atoms with Crippen molar-refractivity contribution in [2.45, 2.75) is 31.5 Å². The number of fused-ring (bicyclic) bond motifs is 1. The van der Waals surface area contributed by atoms with Crippen LogP contribution in [0.2, 0.25) is 5.02 Å². The number of hydrogen-bond acceptors (Lipinski definition) is 4. The van der Waals surface area contributed by atoms with Crippen molar-refractivity contribution in [3.63, 3.8) is 0 Å². The van der Waals surface area contributed by atoms with E-state index in [1.54, 1.807) is 18.0 Å². The maximum Gasteiger partial charge on any atom is 0.317 e. The summed E-state index contributed by atoms with van der Waals surface area (Å²) in [5.41, 5.74) is 1.82. The van der Waals surface area contributed by atoms with E-state index in [4.69, 9.17) is 16.7 Å². The predicted octanol–water partition coefficient (Wildman–Crippen LogP) is 1.31. The minimum Gasteiger partial charge on any atom is -0.393 e. The topological polar surface area (TPSA) is 109 Å². The number of piperidine rings is 1. The Kier molecular flexibility index (Phi) is 6.43. The second kappa shape index (κ2) is 8.81.